The number of esters is 4. The minimum absolute atomic E-state index is 0.00780. The van der Waals surface area contributed by atoms with Crippen LogP contribution < -0.4 is 10.4 Å². The molecule has 0 aliphatic carbocycles. The molecule has 3 atom stereocenters. The third-order valence-electron chi connectivity index (χ3n) is 4.62. The van der Waals surface area contributed by atoms with Gasteiger partial charge in [-0.05, 0) is 26.0 Å². The van der Waals surface area contributed by atoms with Crippen molar-refractivity contribution in [3.05, 3.63) is 30.3 Å². The monoisotopic (exact) mass is 594 g/mol. The molecule has 0 heterocycles. The number of hydrogen-bond acceptors (Lipinski definition) is 14. The van der Waals surface area contributed by atoms with E-state index >= 15 is 0 Å². The summed E-state index contributed by atoms with van der Waals surface area (Å²) in [6.45, 7) is 6.66. The molecular weight excluding hydrogens is 560 g/mol. The van der Waals surface area contributed by atoms with E-state index in [9.17, 15) is 28.8 Å². The summed E-state index contributed by atoms with van der Waals surface area (Å²) < 4.78 is 30.8. The molecule has 2 amide bonds. The lowest BCUT2D eigenvalue weighted by atomic mass is 10.0. The van der Waals surface area contributed by atoms with Crippen molar-refractivity contribution in [1.29, 1.82) is 0 Å². The van der Waals surface area contributed by atoms with Crippen LogP contribution in [0.5, 0.6) is 0 Å². The number of amides is 2. The standard InChI is InChI=1S/C26H34N4O12/c1-7-37-25(35)29-28-21(14-27-30(26(36)38-8-2)20-12-10-9-11-13-20)23(41-18(5)33)24(42-19(6)34)22(40-17(4)32)15-39-16(3)31/h9-14,22-24H,7-8,15H2,1-6H3,(H,29,35)/b27-14+,28-21+/t22-,23-,24+/m1/s1. The van der Waals surface area contributed by atoms with Gasteiger partial charge in [0.25, 0.3) is 0 Å². The van der Waals surface area contributed by atoms with E-state index in [1.165, 1.54) is 0 Å². The Morgan fingerprint density at radius 3 is 1.93 bits per heavy atom. The highest BCUT2D eigenvalue weighted by atomic mass is 16.6. The van der Waals surface area contributed by atoms with Crippen molar-refractivity contribution in [2.45, 2.75) is 59.9 Å². The summed E-state index contributed by atoms with van der Waals surface area (Å²) in [5, 5.41) is 8.85. The number of para-hydroxylation sites is 1. The van der Waals surface area contributed by atoms with Gasteiger partial charge in [0, 0.05) is 27.7 Å². The van der Waals surface area contributed by atoms with Gasteiger partial charge in [-0.15, -0.1) is 0 Å². The molecule has 0 radical (unpaired) electrons. The van der Waals surface area contributed by atoms with Crippen LogP contribution >= 0.6 is 0 Å². The third-order valence-corrected chi connectivity index (χ3v) is 4.62. The van der Waals surface area contributed by atoms with E-state index in [0.29, 0.717) is 0 Å². The molecule has 42 heavy (non-hydrogen) atoms. The second-order valence-electron chi connectivity index (χ2n) is 8.01. The van der Waals surface area contributed by atoms with Gasteiger partial charge in [0.05, 0.1) is 25.1 Å². The molecule has 1 N–H and O–H groups in total. The lowest BCUT2D eigenvalue weighted by molar-refractivity contribution is -0.183. The van der Waals surface area contributed by atoms with Crippen molar-refractivity contribution in [1.82, 2.24) is 5.43 Å². The molecule has 0 unspecified atom stereocenters. The fraction of sp³-hybridized carbons (Fsp3) is 0.462. The first-order valence-corrected chi connectivity index (χ1v) is 12.6. The molecule has 0 aliphatic heterocycles. The van der Waals surface area contributed by atoms with Crippen molar-refractivity contribution in [2.24, 2.45) is 10.2 Å². The zero-order valence-electron chi connectivity index (χ0n) is 24.1. The van der Waals surface area contributed by atoms with E-state index in [2.05, 4.69) is 15.6 Å². The molecule has 0 saturated heterocycles. The number of ether oxygens (including phenoxy) is 6. The minimum Gasteiger partial charge on any atom is -0.462 e. The van der Waals surface area contributed by atoms with E-state index < -0.39 is 66.7 Å². The Hall–Kier alpha value is -5.02. The molecule has 16 nitrogen and oxygen atoms in total. The lowest BCUT2D eigenvalue weighted by Gasteiger charge is -2.31. The molecule has 0 bridgehead atoms. The fourth-order valence-electron chi connectivity index (χ4n) is 3.14. The van der Waals surface area contributed by atoms with Crippen LogP contribution in [0.3, 0.4) is 0 Å². The molecule has 230 valence electrons. The molecule has 0 aromatic heterocycles. The summed E-state index contributed by atoms with van der Waals surface area (Å²) in [6, 6.07) is 8.05. The molecule has 1 rings (SSSR count). The van der Waals surface area contributed by atoms with Crippen LogP contribution in [0.1, 0.15) is 41.5 Å². The zero-order valence-corrected chi connectivity index (χ0v) is 24.1. The highest BCUT2D eigenvalue weighted by Gasteiger charge is 2.41. The first-order chi connectivity index (χ1) is 19.9. The first-order valence-electron chi connectivity index (χ1n) is 12.6. The highest BCUT2D eigenvalue weighted by molar-refractivity contribution is 6.33. The van der Waals surface area contributed by atoms with E-state index in [0.717, 1.165) is 38.9 Å². The number of nitrogens with one attached hydrogen (secondary N) is 1. The Morgan fingerprint density at radius 1 is 0.810 bits per heavy atom. The maximum absolute atomic E-state index is 12.7. The molecule has 0 aliphatic rings. The van der Waals surface area contributed by atoms with Crippen LogP contribution in [0.4, 0.5) is 15.3 Å². The second-order valence-corrected chi connectivity index (χ2v) is 8.01. The predicted octanol–water partition coefficient (Wildman–Crippen LogP) is 2.10. The van der Waals surface area contributed by atoms with Crippen LogP contribution in [0.2, 0.25) is 0 Å². The van der Waals surface area contributed by atoms with Crippen LogP contribution in [-0.4, -0.2) is 86.1 Å². The van der Waals surface area contributed by atoms with Crippen molar-refractivity contribution >= 4 is 53.7 Å². The Bertz CT molecular complexity index is 1160. The average Bonchev–Trinajstić information content (AvgIpc) is 2.91. The van der Waals surface area contributed by atoms with Crippen molar-refractivity contribution in [2.75, 3.05) is 24.8 Å². The number of hydrogen-bond donors (Lipinski definition) is 1. The summed E-state index contributed by atoms with van der Waals surface area (Å²) in [4.78, 5) is 72.5. The smallest absolute Gasteiger partial charge is 0.435 e. The third kappa shape index (κ3) is 12.9. The van der Waals surface area contributed by atoms with Gasteiger partial charge in [0.15, 0.2) is 18.3 Å². The lowest BCUT2D eigenvalue weighted by Crippen LogP contribution is -2.51. The van der Waals surface area contributed by atoms with Crippen molar-refractivity contribution < 1.29 is 57.2 Å². The SMILES string of the molecule is CCOC(=O)N/N=C(\C=N\N(C(=O)OCC)c1ccccc1)[C@@H](OC(C)=O)[C@@H](OC(C)=O)[C@@H](COC(C)=O)OC(C)=O. The Balaban J connectivity index is 3.81. The van der Waals surface area contributed by atoms with Crippen LogP contribution in [0, 0.1) is 0 Å². The van der Waals surface area contributed by atoms with Crippen molar-refractivity contribution in [3.63, 3.8) is 0 Å². The fourth-order valence-corrected chi connectivity index (χ4v) is 3.14. The van der Waals surface area contributed by atoms with Gasteiger partial charge in [-0.1, -0.05) is 18.2 Å². The summed E-state index contributed by atoms with van der Waals surface area (Å²) >= 11 is 0. The van der Waals surface area contributed by atoms with Gasteiger partial charge >= 0.3 is 36.1 Å². The number of rotatable bonds is 14. The van der Waals surface area contributed by atoms with Gasteiger partial charge in [0.1, 0.15) is 12.3 Å². The number of nitrogens with zero attached hydrogens (tertiary/aromatic N) is 3. The van der Waals surface area contributed by atoms with Crippen LogP contribution in [-0.2, 0) is 47.6 Å². The number of anilines is 1. The van der Waals surface area contributed by atoms with E-state index in [1.54, 1.807) is 44.2 Å². The second kappa shape index (κ2) is 18.4. The predicted molar refractivity (Wildman–Crippen MR) is 145 cm³/mol. The maximum Gasteiger partial charge on any atom is 0.435 e. The summed E-state index contributed by atoms with van der Waals surface area (Å²) in [6.07, 6.45) is -5.98. The maximum atomic E-state index is 12.7. The molecule has 1 aromatic rings. The molecule has 0 saturated carbocycles. The van der Waals surface area contributed by atoms with Gasteiger partial charge < -0.3 is 28.4 Å². The van der Waals surface area contributed by atoms with Crippen LogP contribution in [0.25, 0.3) is 0 Å². The van der Waals surface area contributed by atoms with Gasteiger partial charge in [-0.3, -0.25) is 19.2 Å². The Morgan fingerprint density at radius 2 is 1.40 bits per heavy atom. The van der Waals surface area contributed by atoms with E-state index in [-0.39, 0.29) is 18.9 Å². The van der Waals surface area contributed by atoms with Gasteiger partial charge in [0.2, 0.25) is 0 Å². The molecule has 0 fully saturated rings. The highest BCUT2D eigenvalue weighted by Crippen LogP contribution is 2.18. The summed E-state index contributed by atoms with van der Waals surface area (Å²) in [5.41, 5.74) is 1.91. The Kier molecular flexibility index (Phi) is 15.3. The van der Waals surface area contributed by atoms with E-state index in [1.807, 2.05) is 0 Å². The number of carbonyl (C=O) groups excluding carboxylic acids is 6. The zero-order chi connectivity index (χ0) is 31.7. The summed E-state index contributed by atoms with van der Waals surface area (Å²) in [7, 11) is 0. The molecular formula is C26H34N4O12. The summed E-state index contributed by atoms with van der Waals surface area (Å²) in [5.74, 6) is -3.46. The molecule has 0 spiro atoms. The molecule has 1 aromatic carbocycles. The Labute approximate surface area is 241 Å². The average molecular weight is 595 g/mol. The van der Waals surface area contributed by atoms with E-state index in [4.69, 9.17) is 28.4 Å². The topological polar surface area (TPSA) is 198 Å². The van der Waals surface area contributed by atoms with Crippen LogP contribution in [0.15, 0.2) is 40.5 Å². The number of benzene rings is 1. The minimum atomic E-state index is -1.75. The number of carbonyl (C=O) groups is 6. The first kappa shape index (κ1) is 35.0. The normalized spacial score (nSPS) is 13.1. The quantitative estimate of drug-likeness (QED) is 0.143. The molecule has 16 heteroatoms. The number of hydrazone groups is 2. The van der Waals surface area contributed by atoms with Gasteiger partial charge in [-0.2, -0.15) is 15.2 Å². The largest absolute Gasteiger partial charge is 0.462 e. The van der Waals surface area contributed by atoms with Gasteiger partial charge in [-0.25, -0.2) is 15.0 Å². The van der Waals surface area contributed by atoms with Crippen molar-refractivity contribution in [3.8, 4) is 0 Å².